The van der Waals surface area contributed by atoms with E-state index in [2.05, 4.69) is 5.32 Å². The number of carboxylic acids is 2. The number of ketones is 1. The quantitative estimate of drug-likeness (QED) is 0.0126. The number of hydrogen-bond donors (Lipinski definition) is 13. The highest BCUT2D eigenvalue weighted by molar-refractivity contribution is 8.76. The van der Waals surface area contributed by atoms with Crippen LogP contribution in [0.25, 0.3) is 22.3 Å². The van der Waals surface area contributed by atoms with Crippen LogP contribution in [0.15, 0.2) is 29.1 Å². The Labute approximate surface area is 428 Å². The molecule has 5 rings (SSSR count). The van der Waals surface area contributed by atoms with Crippen molar-refractivity contribution in [1.29, 1.82) is 0 Å². The molecule has 0 saturated carbocycles. The highest BCUT2D eigenvalue weighted by Crippen LogP contribution is 2.41. The van der Waals surface area contributed by atoms with Gasteiger partial charge in [-0.15, -0.1) is 0 Å². The van der Waals surface area contributed by atoms with E-state index in [4.69, 9.17) is 24.3 Å². The smallest absolute Gasteiger partial charge is 0.481 e. The summed E-state index contributed by atoms with van der Waals surface area (Å²) in [6, 6.07) is 2.52. The van der Waals surface area contributed by atoms with Crippen LogP contribution in [0.4, 0.5) is 4.79 Å². The number of pyridine rings is 2. The van der Waals surface area contributed by atoms with Crippen molar-refractivity contribution in [3.63, 3.8) is 0 Å². The number of hydrogen-bond acceptors (Lipinski definition) is 23. The average molecular weight is 1080 g/mol. The van der Waals surface area contributed by atoms with Crippen LogP contribution in [-0.4, -0.2) is 187 Å². The summed E-state index contributed by atoms with van der Waals surface area (Å²) in [6.07, 6.45) is -15.8. The number of rotatable bonds is 27. The van der Waals surface area contributed by atoms with Crippen molar-refractivity contribution >= 4 is 74.2 Å². The first-order chi connectivity index (χ1) is 34.9. The van der Waals surface area contributed by atoms with E-state index in [-0.39, 0.29) is 48.8 Å². The number of ether oxygens (including phenoxy) is 3. The molecular formula is C46H58N4O22S2. The van der Waals surface area contributed by atoms with Crippen LogP contribution in [0.3, 0.4) is 0 Å². The van der Waals surface area contributed by atoms with Gasteiger partial charge >= 0.3 is 24.1 Å². The second-order valence-electron chi connectivity index (χ2n) is 17.4. The van der Waals surface area contributed by atoms with Gasteiger partial charge in [0.05, 0.1) is 78.7 Å². The maximum absolute atomic E-state index is 13.7. The molecule has 1 aromatic carbocycles. The Bertz CT molecular complexity index is 2670. The molecule has 13 N–H and O–H groups in total. The minimum absolute atomic E-state index is 0.0173. The lowest BCUT2D eigenvalue weighted by Crippen LogP contribution is -2.54. The fourth-order valence-corrected chi connectivity index (χ4v) is 10.3. The molecule has 3 aromatic rings. The number of amides is 2. The molecule has 2 aromatic heterocycles. The summed E-state index contributed by atoms with van der Waals surface area (Å²) < 4.78 is 17.3. The summed E-state index contributed by atoms with van der Waals surface area (Å²) in [5.41, 5.74) is 0.898. The molecular weight excluding hydrogens is 1020 g/mol. The molecule has 2 aliphatic rings. The number of Topliss-reactive ketones (excluding diaryl/α,β-unsaturated/α-hetero) is 1. The van der Waals surface area contributed by atoms with Crippen molar-refractivity contribution in [1.82, 2.24) is 20.2 Å². The lowest BCUT2D eigenvalue weighted by atomic mass is 9.86. The summed E-state index contributed by atoms with van der Waals surface area (Å²) >= 11 is 0. The van der Waals surface area contributed by atoms with Crippen LogP contribution in [0.5, 0.6) is 5.75 Å². The first-order valence-corrected chi connectivity index (χ1v) is 25.5. The molecule has 0 spiro atoms. The lowest BCUT2D eigenvalue weighted by molar-refractivity contribution is -0.172. The molecule has 11 atom stereocenters. The topological polar surface area (TPSA) is 429 Å². The molecule has 2 aliphatic heterocycles. The molecule has 0 aliphatic carbocycles. The Morgan fingerprint density at radius 2 is 1.50 bits per heavy atom. The zero-order chi connectivity index (χ0) is 54.9. The zero-order valence-electron chi connectivity index (χ0n) is 40.0. The third kappa shape index (κ3) is 13.2. The second-order valence-corrected chi connectivity index (χ2v) is 20.1. The number of carbonyl (C=O) groups excluding carboxylic acids is 5. The number of benzene rings is 1. The molecule has 4 heterocycles. The van der Waals surface area contributed by atoms with Gasteiger partial charge in [0.1, 0.15) is 49.4 Å². The first kappa shape index (κ1) is 59.1. The summed E-state index contributed by atoms with van der Waals surface area (Å²) in [7, 11) is 1.88. The van der Waals surface area contributed by atoms with Gasteiger partial charge in [-0.25, -0.2) is 19.4 Å². The lowest BCUT2D eigenvalue weighted by Gasteiger charge is -2.31. The molecule has 0 fully saturated rings. The van der Waals surface area contributed by atoms with Crippen LogP contribution >= 0.6 is 21.6 Å². The maximum atomic E-state index is 13.7. The van der Waals surface area contributed by atoms with E-state index < -0.39 is 145 Å². The number of carbonyl (C=O) groups is 7. The molecule has 74 heavy (non-hydrogen) atoms. The molecule has 0 radical (unpaired) electrons. The number of cyclic esters (lactones) is 1. The van der Waals surface area contributed by atoms with Crippen molar-refractivity contribution in [3.8, 4) is 17.1 Å². The van der Waals surface area contributed by atoms with Crippen molar-refractivity contribution in [3.05, 3.63) is 56.9 Å². The zero-order valence-corrected chi connectivity index (χ0v) is 41.6. The fourth-order valence-electron chi connectivity index (χ4n) is 8.33. The fraction of sp³-hybridized carbons (Fsp3) is 0.543. The maximum Gasteiger partial charge on any atom is 0.513 e. The average Bonchev–Trinajstić information content (AvgIpc) is 3.74. The summed E-state index contributed by atoms with van der Waals surface area (Å²) in [5.74, 6) is -12.1. The first-order valence-electron chi connectivity index (χ1n) is 23.0. The Kier molecular flexibility index (Phi) is 20.5. The highest BCUT2D eigenvalue weighted by Gasteiger charge is 2.46. The Morgan fingerprint density at radius 1 is 0.851 bits per heavy atom. The van der Waals surface area contributed by atoms with Gasteiger partial charge in [-0.2, -0.15) is 0 Å². The summed E-state index contributed by atoms with van der Waals surface area (Å²) in [4.78, 5) is 108. The number of carboxylic acid groups (broad SMARTS) is 2. The van der Waals surface area contributed by atoms with Gasteiger partial charge in [0.25, 0.3) is 5.56 Å². The Balaban J connectivity index is 1.18. The molecule has 2 amide bonds. The van der Waals surface area contributed by atoms with Crippen LogP contribution in [0.2, 0.25) is 0 Å². The predicted octanol–water partition coefficient (Wildman–Crippen LogP) is -2.57. The van der Waals surface area contributed by atoms with Gasteiger partial charge in [-0.1, -0.05) is 42.4 Å². The van der Waals surface area contributed by atoms with Crippen LogP contribution in [-0.2, 0) is 63.4 Å². The molecule has 28 heteroatoms. The van der Waals surface area contributed by atoms with Gasteiger partial charge in [0.2, 0.25) is 11.8 Å². The van der Waals surface area contributed by atoms with Gasteiger partial charge in [-0.05, 0) is 42.7 Å². The standard InChI is InChI=1S/C46H58N4O22S2/c1-4-21-22-10-20(6-7-27(22)47-35-24(21)14-50-30(35)12-26-25(42(50)64)17-71-44(67)46(26,69)5-2)72-45(68)70-8-9-73-74-18-29(43(65)66)49-41(63)23(37(59)39(61)33(55)16-52)11-31(53)28(13-34(56)57)48-40(62)19(3)36(58)38(60)32(54)15-51/h6-7,10,12,19,23,28-29,32-33,36-39,51-52,54-55,58-61,69H,4-5,8-9,11,13-18H2,1-3H3,(H,48,62)(H,49,63)(H,56,57)(H,65,66)/t19-,23-,28-,29+,32+,33+,36+,37+,38+,39+,46-/m0/s1. The van der Waals surface area contributed by atoms with Crippen molar-refractivity contribution in [2.45, 2.75) is 114 Å². The van der Waals surface area contributed by atoms with Crippen molar-refractivity contribution in [2.24, 2.45) is 11.8 Å². The molecule has 0 saturated heterocycles. The van der Waals surface area contributed by atoms with Crippen LogP contribution < -0.4 is 20.9 Å². The number of aliphatic hydroxyl groups is 9. The number of fused-ring (bicyclic) bond motifs is 5. The van der Waals surface area contributed by atoms with Gasteiger partial charge < -0.3 is 85.6 Å². The van der Waals surface area contributed by atoms with E-state index in [0.29, 0.717) is 28.7 Å². The Hall–Kier alpha value is -5.79. The van der Waals surface area contributed by atoms with E-state index in [0.717, 1.165) is 39.6 Å². The summed E-state index contributed by atoms with van der Waals surface area (Å²) in [6.45, 7) is 2.00. The van der Waals surface area contributed by atoms with Gasteiger partial charge in [0.15, 0.2) is 11.4 Å². The number of esters is 1. The highest BCUT2D eigenvalue weighted by atomic mass is 33.1. The number of nitrogens with one attached hydrogen (secondary N) is 2. The molecule has 0 bridgehead atoms. The monoisotopic (exact) mass is 1080 g/mol. The molecule has 0 unspecified atom stereocenters. The third-order valence-electron chi connectivity index (χ3n) is 12.7. The number of aliphatic hydroxyl groups excluding tert-OH is 8. The minimum atomic E-state index is -2.40. The number of nitrogens with zero attached hydrogens (tertiary/aromatic N) is 2. The summed E-state index contributed by atoms with van der Waals surface area (Å²) in [5, 5.41) is 115. The van der Waals surface area contributed by atoms with Gasteiger partial charge in [0, 0.05) is 34.4 Å². The molecule has 26 nitrogen and oxygen atoms in total. The third-order valence-corrected chi connectivity index (χ3v) is 15.1. The number of aromatic nitrogens is 2. The number of aryl methyl sites for hydroxylation is 1. The Morgan fingerprint density at radius 3 is 2.11 bits per heavy atom. The van der Waals surface area contributed by atoms with Crippen LogP contribution in [0, 0.1) is 11.8 Å². The van der Waals surface area contributed by atoms with Crippen molar-refractivity contribution in [2.75, 3.05) is 31.3 Å². The SMILES string of the molecule is CCc1c2c(nc3ccc(OC(=O)OCCSSC[C@@H](NC(=O)[C@@H](CC(=O)[C@H](CC(=O)O)NC(=O)[C@@H](C)[C@@H](O)[C@H](O)[C@H](O)CO)[C@@H](O)[C@H](O)[C@H](O)CO)C(=O)O)cc13)-c1cc3c(c(=O)n1C2)COC(=O)[C@]3(O)CC. The minimum Gasteiger partial charge on any atom is -0.481 e. The van der Waals surface area contributed by atoms with E-state index in [1.54, 1.807) is 25.1 Å². The largest absolute Gasteiger partial charge is 0.513 e. The predicted molar refractivity (Wildman–Crippen MR) is 257 cm³/mol. The number of aliphatic carboxylic acids is 2. The molecule has 406 valence electrons. The van der Waals surface area contributed by atoms with E-state index in [1.807, 2.05) is 12.2 Å². The van der Waals surface area contributed by atoms with E-state index in [1.165, 1.54) is 10.6 Å². The van der Waals surface area contributed by atoms with Crippen molar-refractivity contribution < 1.29 is 104 Å². The van der Waals surface area contributed by atoms with E-state index in [9.17, 15) is 89.4 Å². The normalized spacial score (nSPS) is 18.9. The van der Waals surface area contributed by atoms with E-state index >= 15 is 0 Å². The second kappa shape index (κ2) is 25.6. The van der Waals surface area contributed by atoms with Gasteiger partial charge in [-0.3, -0.25) is 24.0 Å². The van der Waals surface area contributed by atoms with Crippen LogP contribution in [0.1, 0.15) is 62.3 Å².